The van der Waals surface area contributed by atoms with Crippen LogP contribution in [0.4, 0.5) is 0 Å². The number of phenolic OH excluding ortho intramolecular Hbond substituents is 1. The minimum Gasteiger partial charge on any atom is -0.507 e. The molecule has 4 heteroatoms. The Morgan fingerprint density at radius 2 is 1.79 bits per heavy atom. The Morgan fingerprint density at radius 1 is 1.11 bits per heavy atom. The minimum absolute atomic E-state index is 0.00730. The normalized spacial score (nSPS) is 10.2. The van der Waals surface area contributed by atoms with E-state index in [4.69, 9.17) is 4.74 Å². The summed E-state index contributed by atoms with van der Waals surface area (Å²) in [6.45, 7) is 0.576. The Balaban J connectivity index is 2.18. The summed E-state index contributed by atoms with van der Waals surface area (Å²) in [5, 5.41) is 10.4. The number of hydrogen-bond donors (Lipinski definition) is 1. The zero-order valence-corrected chi connectivity index (χ0v) is 11.8. The van der Waals surface area contributed by atoms with Gasteiger partial charge in [-0.15, -0.1) is 0 Å². The average molecular weight is 321 g/mol. The number of ketones is 1. The van der Waals surface area contributed by atoms with Crippen LogP contribution in [0.15, 0.2) is 48.5 Å². The van der Waals surface area contributed by atoms with Gasteiger partial charge in [-0.1, -0.05) is 28.1 Å². The summed E-state index contributed by atoms with van der Waals surface area (Å²) in [6, 6.07) is 13.4. The molecule has 0 saturated heterocycles. The molecule has 0 bridgehead atoms. The molecule has 0 radical (unpaired) electrons. The second-order valence-corrected chi connectivity index (χ2v) is 4.70. The van der Waals surface area contributed by atoms with Crippen molar-refractivity contribution in [2.75, 3.05) is 11.9 Å². The van der Waals surface area contributed by atoms with Crippen molar-refractivity contribution >= 4 is 21.7 Å². The standard InChI is InChI=1S/C15H13BrO3/c16-9-10-19-12-7-5-11(6-8-12)15(18)13-3-1-2-4-14(13)17/h1-8,17H,9-10H2. The van der Waals surface area contributed by atoms with Gasteiger partial charge >= 0.3 is 0 Å². The lowest BCUT2D eigenvalue weighted by atomic mass is 10.0. The highest BCUT2D eigenvalue weighted by molar-refractivity contribution is 9.09. The van der Waals surface area contributed by atoms with Crippen molar-refractivity contribution in [1.29, 1.82) is 0 Å². The largest absolute Gasteiger partial charge is 0.507 e. The monoisotopic (exact) mass is 320 g/mol. The Kier molecular flexibility index (Phi) is 4.58. The number of alkyl halides is 1. The van der Waals surface area contributed by atoms with Crippen LogP contribution >= 0.6 is 15.9 Å². The third kappa shape index (κ3) is 3.35. The molecule has 0 atom stereocenters. The van der Waals surface area contributed by atoms with Crippen LogP contribution in [0.1, 0.15) is 15.9 Å². The van der Waals surface area contributed by atoms with Gasteiger partial charge in [0.25, 0.3) is 0 Å². The first-order valence-electron chi connectivity index (χ1n) is 5.84. The number of ether oxygens (including phenoxy) is 1. The van der Waals surface area contributed by atoms with Gasteiger partial charge in [0.05, 0.1) is 12.2 Å². The summed E-state index contributed by atoms with van der Waals surface area (Å²) in [4.78, 5) is 12.2. The topological polar surface area (TPSA) is 46.5 Å². The van der Waals surface area contributed by atoms with Gasteiger partial charge in [-0.2, -0.15) is 0 Å². The molecule has 2 rings (SSSR count). The van der Waals surface area contributed by atoms with E-state index in [1.807, 2.05) is 0 Å². The van der Waals surface area contributed by atoms with Crippen LogP contribution in [0.3, 0.4) is 0 Å². The Bertz CT molecular complexity index is 564. The van der Waals surface area contributed by atoms with Crippen molar-refractivity contribution in [1.82, 2.24) is 0 Å². The Labute approximate surface area is 120 Å². The van der Waals surface area contributed by atoms with E-state index in [1.54, 1.807) is 42.5 Å². The van der Waals surface area contributed by atoms with Gasteiger partial charge in [0.2, 0.25) is 0 Å². The number of halogens is 1. The third-order valence-electron chi connectivity index (χ3n) is 2.61. The molecular weight excluding hydrogens is 308 g/mol. The predicted octanol–water partition coefficient (Wildman–Crippen LogP) is 3.40. The summed E-state index contributed by atoms with van der Waals surface area (Å²) in [5.41, 5.74) is 0.823. The van der Waals surface area contributed by atoms with Crippen molar-refractivity contribution in [2.24, 2.45) is 0 Å². The lowest BCUT2D eigenvalue weighted by Gasteiger charge is -2.06. The number of hydrogen-bond acceptors (Lipinski definition) is 3. The number of aromatic hydroxyl groups is 1. The molecule has 0 amide bonds. The summed E-state index contributed by atoms with van der Waals surface area (Å²) < 4.78 is 5.41. The fourth-order valence-electron chi connectivity index (χ4n) is 1.68. The van der Waals surface area contributed by atoms with E-state index in [2.05, 4.69) is 15.9 Å². The molecule has 1 N–H and O–H groups in total. The van der Waals surface area contributed by atoms with Gasteiger partial charge in [-0.3, -0.25) is 4.79 Å². The average Bonchev–Trinajstić information content (AvgIpc) is 2.45. The molecule has 0 aliphatic heterocycles. The SMILES string of the molecule is O=C(c1ccc(OCCBr)cc1)c1ccccc1O. The highest BCUT2D eigenvalue weighted by Gasteiger charge is 2.12. The Hall–Kier alpha value is -1.81. The zero-order chi connectivity index (χ0) is 13.7. The molecule has 0 saturated carbocycles. The second-order valence-electron chi connectivity index (χ2n) is 3.91. The highest BCUT2D eigenvalue weighted by atomic mass is 79.9. The number of benzene rings is 2. The fraction of sp³-hybridized carbons (Fsp3) is 0.133. The lowest BCUT2D eigenvalue weighted by Crippen LogP contribution is -2.02. The molecule has 0 spiro atoms. The summed E-state index contributed by atoms with van der Waals surface area (Å²) in [6.07, 6.45) is 0. The van der Waals surface area contributed by atoms with Crippen molar-refractivity contribution in [3.05, 3.63) is 59.7 Å². The summed E-state index contributed by atoms with van der Waals surface area (Å²) in [5.74, 6) is 0.505. The van der Waals surface area contributed by atoms with Crippen LogP contribution in [0.2, 0.25) is 0 Å². The van der Waals surface area contributed by atoms with Gasteiger partial charge < -0.3 is 9.84 Å². The number of phenols is 1. The summed E-state index contributed by atoms with van der Waals surface area (Å²) >= 11 is 3.28. The van der Waals surface area contributed by atoms with Crippen molar-refractivity contribution in [3.63, 3.8) is 0 Å². The quantitative estimate of drug-likeness (QED) is 0.678. The smallest absolute Gasteiger partial charge is 0.196 e. The molecular formula is C15H13BrO3. The maximum atomic E-state index is 12.2. The van der Waals surface area contributed by atoms with E-state index in [0.29, 0.717) is 23.5 Å². The summed E-state index contributed by atoms with van der Waals surface area (Å²) in [7, 11) is 0. The molecule has 0 aliphatic rings. The van der Waals surface area contributed by atoms with Crippen molar-refractivity contribution < 1.29 is 14.6 Å². The molecule has 0 aromatic heterocycles. The second kappa shape index (κ2) is 6.38. The predicted molar refractivity (Wildman–Crippen MR) is 77.3 cm³/mol. The van der Waals surface area contributed by atoms with Crippen LogP contribution in [0.25, 0.3) is 0 Å². The molecule has 0 heterocycles. The maximum absolute atomic E-state index is 12.2. The molecule has 0 unspecified atom stereocenters. The van der Waals surface area contributed by atoms with Crippen LogP contribution in [-0.4, -0.2) is 22.8 Å². The first-order valence-corrected chi connectivity index (χ1v) is 6.96. The number of carbonyl (C=O) groups is 1. The van der Waals surface area contributed by atoms with Crippen molar-refractivity contribution in [3.8, 4) is 11.5 Å². The fourth-order valence-corrected chi connectivity index (χ4v) is 1.84. The van der Waals surface area contributed by atoms with Gasteiger partial charge in [-0.25, -0.2) is 0 Å². The highest BCUT2D eigenvalue weighted by Crippen LogP contribution is 2.21. The van der Waals surface area contributed by atoms with Crippen LogP contribution in [0, 0.1) is 0 Å². The first-order chi connectivity index (χ1) is 9.22. The van der Waals surface area contributed by atoms with Gasteiger partial charge in [-0.05, 0) is 36.4 Å². The van der Waals surface area contributed by atoms with Crippen LogP contribution in [-0.2, 0) is 0 Å². The molecule has 0 aliphatic carbocycles. The third-order valence-corrected chi connectivity index (χ3v) is 2.93. The molecule has 0 fully saturated rings. The van der Waals surface area contributed by atoms with E-state index >= 15 is 0 Å². The van der Waals surface area contributed by atoms with E-state index in [0.717, 1.165) is 5.33 Å². The molecule has 19 heavy (non-hydrogen) atoms. The number of para-hydroxylation sites is 1. The van der Waals surface area contributed by atoms with Crippen LogP contribution < -0.4 is 4.74 Å². The van der Waals surface area contributed by atoms with E-state index < -0.39 is 0 Å². The zero-order valence-electron chi connectivity index (χ0n) is 10.2. The van der Waals surface area contributed by atoms with E-state index in [9.17, 15) is 9.90 Å². The van der Waals surface area contributed by atoms with E-state index in [1.165, 1.54) is 6.07 Å². The molecule has 2 aromatic rings. The maximum Gasteiger partial charge on any atom is 0.196 e. The molecule has 2 aromatic carbocycles. The lowest BCUT2D eigenvalue weighted by molar-refractivity contribution is 0.103. The first kappa shape index (κ1) is 13.6. The number of rotatable bonds is 5. The molecule has 3 nitrogen and oxygen atoms in total. The van der Waals surface area contributed by atoms with Gasteiger partial charge in [0.15, 0.2) is 5.78 Å². The minimum atomic E-state index is -0.204. The van der Waals surface area contributed by atoms with Gasteiger partial charge in [0.1, 0.15) is 11.5 Å². The Morgan fingerprint density at radius 3 is 2.42 bits per heavy atom. The number of carbonyl (C=O) groups excluding carboxylic acids is 1. The van der Waals surface area contributed by atoms with Crippen molar-refractivity contribution in [2.45, 2.75) is 0 Å². The van der Waals surface area contributed by atoms with Gasteiger partial charge in [0, 0.05) is 10.9 Å². The van der Waals surface area contributed by atoms with E-state index in [-0.39, 0.29) is 11.5 Å². The molecule has 98 valence electrons. The van der Waals surface area contributed by atoms with Crippen LogP contribution in [0.5, 0.6) is 11.5 Å².